The van der Waals surface area contributed by atoms with Gasteiger partial charge in [0.15, 0.2) is 18.2 Å². The molecule has 2 amide bonds. The minimum atomic E-state index is -0.261. The summed E-state index contributed by atoms with van der Waals surface area (Å²) in [4.78, 5) is 38.1. The van der Waals surface area contributed by atoms with Gasteiger partial charge in [-0.05, 0) is 37.8 Å². The van der Waals surface area contributed by atoms with Crippen LogP contribution in [0.2, 0.25) is 0 Å². The van der Waals surface area contributed by atoms with E-state index in [4.69, 9.17) is 4.74 Å². The highest BCUT2D eigenvalue weighted by Gasteiger charge is 2.29. The lowest BCUT2D eigenvalue weighted by molar-refractivity contribution is -0.131. The molecule has 1 aliphatic heterocycles. The number of pyridine rings is 1. The number of likely N-dealkylation sites (N-methyl/N-ethyl adjacent to an activating group) is 1. The van der Waals surface area contributed by atoms with Crippen LogP contribution in [-0.2, 0) is 29.0 Å². The number of fused-ring (bicyclic) bond motifs is 2. The third-order valence-electron chi connectivity index (χ3n) is 4.64. The Kier molecular flexibility index (Phi) is 4.58. The van der Waals surface area contributed by atoms with E-state index < -0.39 is 0 Å². The van der Waals surface area contributed by atoms with Crippen LogP contribution in [0, 0.1) is 0 Å². The monoisotopic (exact) mass is 372 g/mol. The number of carbonyl (C=O) groups excluding carboxylic acids is 2. The molecule has 136 valence electrons. The van der Waals surface area contributed by atoms with Crippen LogP contribution in [-0.4, -0.2) is 46.9 Å². The molecule has 0 saturated carbocycles. The average molecular weight is 372 g/mol. The molecule has 0 bridgehead atoms. The topological polar surface area (TPSA) is 75.6 Å². The van der Waals surface area contributed by atoms with E-state index >= 15 is 0 Å². The van der Waals surface area contributed by atoms with Crippen molar-refractivity contribution in [1.29, 1.82) is 0 Å². The van der Waals surface area contributed by atoms with Crippen LogP contribution in [0.3, 0.4) is 0 Å². The van der Waals surface area contributed by atoms with Crippen molar-refractivity contribution in [2.45, 2.75) is 32.2 Å². The summed E-state index contributed by atoms with van der Waals surface area (Å²) in [7, 11) is 1.74. The van der Waals surface area contributed by atoms with Crippen LogP contribution in [0.15, 0.2) is 18.3 Å². The van der Waals surface area contributed by atoms with E-state index in [0.29, 0.717) is 18.1 Å². The van der Waals surface area contributed by atoms with Gasteiger partial charge in [0.2, 0.25) is 5.91 Å². The molecular formula is C18H20N4O3S. The van der Waals surface area contributed by atoms with Crippen molar-refractivity contribution in [2.75, 3.05) is 25.1 Å². The van der Waals surface area contributed by atoms with Crippen LogP contribution in [0.4, 0.5) is 5.82 Å². The minimum Gasteiger partial charge on any atom is -0.480 e. The van der Waals surface area contributed by atoms with Gasteiger partial charge in [-0.2, -0.15) is 0 Å². The van der Waals surface area contributed by atoms with Crippen LogP contribution >= 0.6 is 11.3 Å². The molecule has 0 spiro atoms. The smallest absolute Gasteiger partial charge is 0.266 e. The summed E-state index contributed by atoms with van der Waals surface area (Å²) in [5, 5.41) is 0.958. The van der Waals surface area contributed by atoms with E-state index in [1.54, 1.807) is 41.6 Å². The number of nitrogens with zero attached hydrogens (tertiary/aromatic N) is 4. The van der Waals surface area contributed by atoms with Crippen molar-refractivity contribution in [1.82, 2.24) is 14.9 Å². The van der Waals surface area contributed by atoms with Gasteiger partial charge in [-0.3, -0.25) is 14.5 Å². The molecule has 0 unspecified atom stereocenters. The van der Waals surface area contributed by atoms with E-state index in [9.17, 15) is 9.59 Å². The second kappa shape index (κ2) is 7.03. The fourth-order valence-electron chi connectivity index (χ4n) is 3.22. The number of ether oxygens (including phenoxy) is 1. The van der Waals surface area contributed by atoms with Crippen molar-refractivity contribution in [3.8, 4) is 5.75 Å². The lowest BCUT2D eigenvalue weighted by Crippen LogP contribution is -2.45. The molecule has 1 aliphatic carbocycles. The molecule has 0 aromatic carbocycles. The number of hydrogen-bond acceptors (Lipinski definition) is 6. The Morgan fingerprint density at radius 2 is 2.23 bits per heavy atom. The van der Waals surface area contributed by atoms with Crippen LogP contribution in [0.25, 0.3) is 0 Å². The highest BCUT2D eigenvalue weighted by Crippen LogP contribution is 2.29. The van der Waals surface area contributed by atoms with Gasteiger partial charge in [-0.15, -0.1) is 11.3 Å². The predicted molar refractivity (Wildman–Crippen MR) is 97.3 cm³/mol. The minimum absolute atomic E-state index is 0.0478. The fraction of sp³-hybridized carbons (Fsp3) is 0.444. The Hall–Kier alpha value is -2.48. The molecule has 7 nitrogen and oxygen atoms in total. The zero-order valence-corrected chi connectivity index (χ0v) is 15.4. The SMILES string of the molecule is CN(Cc1nc2c(s1)CCCC2)C(=O)CN1C(=O)COc2cccnc21. The van der Waals surface area contributed by atoms with Crippen molar-refractivity contribution >= 4 is 29.0 Å². The molecule has 0 radical (unpaired) electrons. The summed E-state index contributed by atoms with van der Waals surface area (Å²) in [5.74, 6) is 0.512. The third-order valence-corrected chi connectivity index (χ3v) is 5.78. The van der Waals surface area contributed by atoms with Gasteiger partial charge in [0.1, 0.15) is 11.6 Å². The normalized spacial score (nSPS) is 15.9. The first kappa shape index (κ1) is 17.0. The molecule has 0 fully saturated rings. The molecule has 26 heavy (non-hydrogen) atoms. The summed E-state index contributed by atoms with van der Waals surface area (Å²) >= 11 is 1.70. The van der Waals surface area contributed by atoms with Gasteiger partial charge in [-0.25, -0.2) is 9.97 Å². The molecule has 2 aromatic heterocycles. The third kappa shape index (κ3) is 3.29. The van der Waals surface area contributed by atoms with Crippen LogP contribution < -0.4 is 9.64 Å². The number of thiazole rings is 1. The Balaban J connectivity index is 1.44. The average Bonchev–Trinajstić information content (AvgIpc) is 3.06. The van der Waals surface area contributed by atoms with E-state index in [-0.39, 0.29) is 25.0 Å². The van der Waals surface area contributed by atoms with E-state index in [0.717, 1.165) is 17.8 Å². The van der Waals surface area contributed by atoms with E-state index in [1.807, 2.05) is 0 Å². The molecule has 2 aromatic rings. The van der Waals surface area contributed by atoms with Gasteiger partial charge >= 0.3 is 0 Å². The number of anilines is 1. The zero-order valence-electron chi connectivity index (χ0n) is 14.6. The number of rotatable bonds is 4. The second-order valence-corrected chi connectivity index (χ2v) is 7.70. The maximum atomic E-state index is 12.7. The highest BCUT2D eigenvalue weighted by molar-refractivity contribution is 7.11. The Bertz CT molecular complexity index is 827. The number of aryl methyl sites for hydroxylation is 2. The van der Waals surface area contributed by atoms with Crippen molar-refractivity contribution in [2.24, 2.45) is 0 Å². The van der Waals surface area contributed by atoms with E-state index in [2.05, 4.69) is 9.97 Å². The Morgan fingerprint density at radius 1 is 1.38 bits per heavy atom. The fourth-order valence-corrected chi connectivity index (χ4v) is 4.43. The molecule has 3 heterocycles. The first-order valence-electron chi connectivity index (χ1n) is 8.71. The van der Waals surface area contributed by atoms with Crippen molar-refractivity contribution in [3.05, 3.63) is 33.9 Å². The molecule has 0 atom stereocenters. The molecule has 4 rings (SSSR count). The first-order chi connectivity index (χ1) is 12.6. The van der Waals surface area contributed by atoms with Gasteiger partial charge in [0.05, 0.1) is 12.2 Å². The van der Waals surface area contributed by atoms with Gasteiger partial charge in [-0.1, -0.05) is 0 Å². The number of carbonyl (C=O) groups is 2. The molecule has 0 saturated heterocycles. The zero-order chi connectivity index (χ0) is 18.1. The highest BCUT2D eigenvalue weighted by atomic mass is 32.1. The van der Waals surface area contributed by atoms with Crippen molar-refractivity contribution in [3.63, 3.8) is 0 Å². The molecular weight excluding hydrogens is 352 g/mol. The van der Waals surface area contributed by atoms with Gasteiger partial charge < -0.3 is 9.64 Å². The van der Waals surface area contributed by atoms with Gasteiger partial charge in [0.25, 0.3) is 5.91 Å². The van der Waals surface area contributed by atoms with Crippen LogP contribution in [0.1, 0.15) is 28.4 Å². The second-order valence-electron chi connectivity index (χ2n) is 6.53. The van der Waals surface area contributed by atoms with Crippen molar-refractivity contribution < 1.29 is 14.3 Å². The Morgan fingerprint density at radius 3 is 3.08 bits per heavy atom. The van der Waals surface area contributed by atoms with Gasteiger partial charge in [0, 0.05) is 18.1 Å². The summed E-state index contributed by atoms with van der Waals surface area (Å²) in [6.45, 7) is 0.340. The predicted octanol–water partition coefficient (Wildman–Crippen LogP) is 1.80. The molecule has 0 N–H and O–H groups in total. The standard InChI is InChI=1S/C18H20N4O3S/c1-21(9-15-20-12-5-2-3-7-14(12)26-15)16(23)10-22-17(24)11-25-13-6-4-8-19-18(13)22/h4,6,8H,2-3,5,7,9-11H2,1H3. The summed E-state index contributed by atoms with van der Waals surface area (Å²) in [6, 6.07) is 3.49. The number of aromatic nitrogens is 2. The summed E-state index contributed by atoms with van der Waals surface area (Å²) in [6.07, 6.45) is 6.12. The quantitative estimate of drug-likeness (QED) is 0.818. The maximum Gasteiger partial charge on any atom is 0.266 e. The van der Waals surface area contributed by atoms with Crippen LogP contribution in [0.5, 0.6) is 5.75 Å². The summed E-state index contributed by atoms with van der Waals surface area (Å²) in [5.41, 5.74) is 1.19. The number of hydrogen-bond donors (Lipinski definition) is 0. The lowest BCUT2D eigenvalue weighted by Gasteiger charge is -2.28. The lowest BCUT2D eigenvalue weighted by atomic mass is 10.0. The number of amides is 2. The molecule has 2 aliphatic rings. The maximum absolute atomic E-state index is 12.7. The Labute approximate surface area is 155 Å². The van der Waals surface area contributed by atoms with E-state index in [1.165, 1.54) is 28.3 Å². The molecule has 8 heteroatoms. The largest absolute Gasteiger partial charge is 0.480 e. The summed E-state index contributed by atoms with van der Waals surface area (Å²) < 4.78 is 5.36. The first-order valence-corrected chi connectivity index (χ1v) is 9.53.